The molecule has 0 saturated carbocycles. The molecule has 3 rings (SSSR count). The fourth-order valence-corrected chi connectivity index (χ4v) is 3.84. The van der Waals surface area contributed by atoms with E-state index in [2.05, 4.69) is 0 Å². The number of esters is 2. The van der Waals surface area contributed by atoms with E-state index in [1.807, 2.05) is 24.3 Å². The Labute approximate surface area is 233 Å². The first-order chi connectivity index (χ1) is 19.1. The van der Waals surface area contributed by atoms with Crippen LogP contribution in [0, 0.1) is 5.82 Å². The summed E-state index contributed by atoms with van der Waals surface area (Å²) in [5.41, 5.74) is 1.10. The number of nitrogens with zero attached hydrogens (tertiary/aromatic N) is 2. The Morgan fingerprint density at radius 1 is 0.975 bits per heavy atom. The highest BCUT2D eigenvalue weighted by atomic mass is 19.1. The standard InChI is InChI=1S/C29H35FN2O8/c1-5-37-28(35)31(17-7-6-8-21-9-15-24(36-4)16-10-21)18-19-38-32(23-13-11-22(30)12-14-23)20-25-26(33)39-29(2,3)40-27(25)34/h9-16,20H,5-8,17-19H2,1-4H3. The second kappa shape index (κ2) is 14.3. The van der Waals surface area contributed by atoms with Gasteiger partial charge in [-0.3, -0.25) is 4.84 Å². The van der Waals surface area contributed by atoms with Gasteiger partial charge in [-0.15, -0.1) is 0 Å². The molecule has 10 nitrogen and oxygen atoms in total. The highest BCUT2D eigenvalue weighted by molar-refractivity contribution is 6.15. The molecule has 1 aliphatic rings. The number of hydrogen-bond acceptors (Lipinski definition) is 9. The van der Waals surface area contributed by atoms with Crippen molar-refractivity contribution in [1.29, 1.82) is 0 Å². The van der Waals surface area contributed by atoms with Crippen molar-refractivity contribution >= 4 is 23.7 Å². The molecule has 0 radical (unpaired) electrons. The smallest absolute Gasteiger partial charge is 0.409 e. The molecule has 0 aromatic heterocycles. The fraction of sp³-hybridized carbons (Fsp3) is 0.414. The number of ether oxygens (including phenoxy) is 4. The van der Waals surface area contributed by atoms with Crippen LogP contribution in [0.25, 0.3) is 0 Å². The molecule has 0 bridgehead atoms. The van der Waals surface area contributed by atoms with Crippen LogP contribution < -0.4 is 9.80 Å². The monoisotopic (exact) mass is 558 g/mol. The van der Waals surface area contributed by atoms with Crippen molar-refractivity contribution in [3.05, 3.63) is 71.7 Å². The lowest BCUT2D eigenvalue weighted by atomic mass is 10.1. The van der Waals surface area contributed by atoms with E-state index in [-0.39, 0.29) is 19.8 Å². The van der Waals surface area contributed by atoms with Crippen LogP contribution in [0.2, 0.25) is 0 Å². The van der Waals surface area contributed by atoms with Gasteiger partial charge in [-0.25, -0.2) is 23.8 Å². The zero-order valence-corrected chi connectivity index (χ0v) is 23.2. The van der Waals surface area contributed by atoms with Gasteiger partial charge in [0.25, 0.3) is 5.79 Å². The van der Waals surface area contributed by atoms with Gasteiger partial charge in [0.15, 0.2) is 5.57 Å². The van der Waals surface area contributed by atoms with Crippen molar-refractivity contribution in [2.24, 2.45) is 0 Å². The summed E-state index contributed by atoms with van der Waals surface area (Å²) in [7, 11) is 1.62. The molecule has 1 fully saturated rings. The van der Waals surface area contributed by atoms with Gasteiger partial charge >= 0.3 is 18.0 Å². The maximum absolute atomic E-state index is 13.5. The molecule has 0 unspecified atom stereocenters. The van der Waals surface area contributed by atoms with Crippen LogP contribution in [0.4, 0.5) is 14.9 Å². The number of cyclic esters (lactones) is 2. The minimum atomic E-state index is -1.40. The van der Waals surface area contributed by atoms with E-state index < -0.39 is 35.2 Å². The number of hydrogen-bond donors (Lipinski definition) is 0. The van der Waals surface area contributed by atoms with E-state index in [0.29, 0.717) is 12.2 Å². The number of aryl methyl sites for hydroxylation is 1. The third kappa shape index (κ3) is 8.98. The van der Waals surface area contributed by atoms with Gasteiger partial charge in [0, 0.05) is 26.9 Å². The second-order valence-electron chi connectivity index (χ2n) is 9.35. The first-order valence-electron chi connectivity index (χ1n) is 13.0. The second-order valence-corrected chi connectivity index (χ2v) is 9.35. The lowest BCUT2D eigenvalue weighted by Gasteiger charge is -2.31. The molecule has 0 aliphatic carbocycles. The van der Waals surface area contributed by atoms with Gasteiger partial charge in [-0.2, -0.15) is 0 Å². The van der Waals surface area contributed by atoms with Crippen molar-refractivity contribution in [2.45, 2.75) is 45.8 Å². The van der Waals surface area contributed by atoms with Crippen LogP contribution in [-0.2, 0) is 35.1 Å². The first kappa shape index (κ1) is 30.4. The van der Waals surface area contributed by atoms with Gasteiger partial charge in [0.05, 0.1) is 32.2 Å². The van der Waals surface area contributed by atoms with Crippen LogP contribution in [0.3, 0.4) is 0 Å². The molecule has 0 N–H and O–H groups in total. The Bertz CT molecular complexity index is 1160. The van der Waals surface area contributed by atoms with Crippen LogP contribution in [0.5, 0.6) is 5.75 Å². The maximum atomic E-state index is 13.5. The predicted molar refractivity (Wildman–Crippen MR) is 144 cm³/mol. The van der Waals surface area contributed by atoms with E-state index in [0.717, 1.165) is 41.8 Å². The van der Waals surface area contributed by atoms with Crippen molar-refractivity contribution < 1.29 is 42.6 Å². The summed E-state index contributed by atoms with van der Waals surface area (Å²) in [6, 6.07) is 13.1. The third-order valence-electron chi connectivity index (χ3n) is 5.86. The van der Waals surface area contributed by atoms with E-state index in [9.17, 15) is 18.8 Å². The maximum Gasteiger partial charge on any atom is 0.409 e. The SMILES string of the molecule is CCOC(=O)N(CCCCc1ccc(OC)cc1)CCON(C=C1C(=O)OC(C)(C)OC1=O)c1ccc(F)cc1. The first-order valence-corrected chi connectivity index (χ1v) is 13.0. The molecule has 216 valence electrons. The summed E-state index contributed by atoms with van der Waals surface area (Å²) in [4.78, 5) is 44.8. The van der Waals surface area contributed by atoms with E-state index in [4.69, 9.17) is 23.8 Å². The van der Waals surface area contributed by atoms with E-state index in [1.54, 1.807) is 14.0 Å². The van der Waals surface area contributed by atoms with Crippen LogP contribution in [0.15, 0.2) is 60.3 Å². The average Bonchev–Trinajstić information content (AvgIpc) is 2.91. The minimum Gasteiger partial charge on any atom is -0.497 e. The Balaban J connectivity index is 1.64. The van der Waals surface area contributed by atoms with Gasteiger partial charge in [0.1, 0.15) is 11.6 Å². The number of carbonyl (C=O) groups excluding carboxylic acids is 3. The zero-order valence-electron chi connectivity index (χ0n) is 23.2. The molecule has 2 aromatic rings. The third-order valence-corrected chi connectivity index (χ3v) is 5.86. The van der Waals surface area contributed by atoms with Gasteiger partial charge in [-0.1, -0.05) is 12.1 Å². The minimum absolute atomic E-state index is 0.0198. The lowest BCUT2D eigenvalue weighted by molar-refractivity contribution is -0.222. The Kier molecular flexibility index (Phi) is 10.9. The largest absolute Gasteiger partial charge is 0.497 e. The Morgan fingerprint density at radius 3 is 2.23 bits per heavy atom. The zero-order chi connectivity index (χ0) is 29.1. The Morgan fingerprint density at radius 2 is 1.62 bits per heavy atom. The van der Waals surface area contributed by atoms with Crippen molar-refractivity contribution in [3.63, 3.8) is 0 Å². The van der Waals surface area contributed by atoms with Gasteiger partial charge in [0.2, 0.25) is 0 Å². The Hall–Kier alpha value is -4.12. The van der Waals surface area contributed by atoms with Gasteiger partial charge in [-0.05, 0) is 68.1 Å². The average molecular weight is 559 g/mol. The van der Waals surface area contributed by atoms with E-state index >= 15 is 0 Å². The molecule has 40 heavy (non-hydrogen) atoms. The highest BCUT2D eigenvalue weighted by Gasteiger charge is 2.39. The number of hydroxylamine groups is 1. The normalized spacial score (nSPS) is 14.2. The van der Waals surface area contributed by atoms with Gasteiger partial charge < -0.3 is 23.8 Å². The van der Waals surface area contributed by atoms with Crippen molar-refractivity contribution in [1.82, 2.24) is 4.90 Å². The molecule has 1 heterocycles. The summed E-state index contributed by atoms with van der Waals surface area (Å²) in [5, 5.41) is 1.14. The number of amides is 1. The van der Waals surface area contributed by atoms with Crippen LogP contribution >= 0.6 is 0 Å². The summed E-state index contributed by atoms with van der Waals surface area (Å²) >= 11 is 0. The number of carbonyl (C=O) groups is 3. The molecule has 11 heteroatoms. The highest BCUT2D eigenvalue weighted by Crippen LogP contribution is 2.25. The molecule has 1 aliphatic heterocycles. The summed E-state index contributed by atoms with van der Waals surface area (Å²) in [6.07, 6.45) is 3.05. The molecular weight excluding hydrogens is 523 g/mol. The topological polar surface area (TPSA) is 104 Å². The molecule has 1 amide bonds. The van der Waals surface area contributed by atoms with Crippen LogP contribution in [0.1, 0.15) is 39.2 Å². The number of unbranched alkanes of at least 4 members (excludes halogenated alkanes) is 1. The molecule has 0 atom stereocenters. The molecular formula is C29H35FN2O8. The summed E-state index contributed by atoms with van der Waals surface area (Å²) < 4.78 is 34.2. The number of rotatable bonds is 13. The number of halogens is 1. The number of anilines is 1. The fourth-order valence-electron chi connectivity index (χ4n) is 3.84. The summed E-state index contributed by atoms with van der Waals surface area (Å²) in [6.45, 7) is 5.39. The molecule has 2 aromatic carbocycles. The molecule has 0 spiro atoms. The quantitative estimate of drug-likeness (QED) is 0.113. The molecule has 1 saturated heterocycles. The van der Waals surface area contributed by atoms with Crippen molar-refractivity contribution in [3.8, 4) is 5.75 Å². The van der Waals surface area contributed by atoms with Crippen LogP contribution in [-0.4, -0.2) is 62.1 Å². The number of methoxy groups -OCH3 is 1. The van der Waals surface area contributed by atoms with Crippen molar-refractivity contribution in [2.75, 3.05) is 38.5 Å². The van der Waals surface area contributed by atoms with E-state index in [1.165, 1.54) is 43.0 Å². The predicted octanol–water partition coefficient (Wildman–Crippen LogP) is 4.77. The lowest BCUT2D eigenvalue weighted by Crippen LogP contribution is -2.42. The summed E-state index contributed by atoms with van der Waals surface area (Å²) in [5.74, 6) is -2.86. The number of benzene rings is 2.